The molecule has 2 atom stereocenters. The average molecular weight is 820 g/mol. The van der Waals surface area contributed by atoms with Gasteiger partial charge in [-0.1, -0.05) is 251 Å². The summed E-state index contributed by atoms with van der Waals surface area (Å²) in [6.45, 7) is 4.87. The molecule has 0 aliphatic heterocycles. The summed E-state index contributed by atoms with van der Waals surface area (Å²) >= 11 is 0. The van der Waals surface area contributed by atoms with Crippen LogP contribution in [0.1, 0.15) is 284 Å². The molecule has 0 spiro atoms. The van der Waals surface area contributed by atoms with Crippen molar-refractivity contribution in [2.45, 2.75) is 296 Å². The van der Waals surface area contributed by atoms with E-state index >= 15 is 0 Å². The van der Waals surface area contributed by atoms with E-state index in [1.807, 2.05) is 6.08 Å². The molecule has 0 saturated carbocycles. The van der Waals surface area contributed by atoms with Crippen molar-refractivity contribution in [3.05, 3.63) is 12.2 Å². The van der Waals surface area contributed by atoms with E-state index in [0.29, 0.717) is 19.4 Å². The first-order chi connectivity index (χ1) is 28.5. The lowest BCUT2D eigenvalue weighted by Gasteiger charge is -2.20. The van der Waals surface area contributed by atoms with Gasteiger partial charge in [0.15, 0.2) is 0 Å². The van der Waals surface area contributed by atoms with E-state index in [1.54, 1.807) is 6.08 Å². The number of hydrogen-bond donors (Lipinski definition) is 3. The zero-order valence-electron chi connectivity index (χ0n) is 39.0. The third kappa shape index (κ3) is 44.2. The molecule has 0 aliphatic rings. The number of aliphatic hydroxyl groups is 2. The molecule has 1 amide bonds. The maximum absolute atomic E-state index is 12.4. The maximum atomic E-state index is 12.4. The van der Waals surface area contributed by atoms with Crippen LogP contribution >= 0.6 is 0 Å². The molecule has 0 radical (unpaired) electrons. The molecular formula is C52H101NO5. The van der Waals surface area contributed by atoms with E-state index in [0.717, 1.165) is 57.8 Å². The quantitative estimate of drug-likeness (QED) is 0.0323. The summed E-state index contributed by atoms with van der Waals surface area (Å²) < 4.78 is 5.47. The van der Waals surface area contributed by atoms with Gasteiger partial charge in [0.05, 0.1) is 25.4 Å². The molecule has 344 valence electrons. The first-order valence-corrected chi connectivity index (χ1v) is 26.0. The second kappa shape index (κ2) is 48.3. The lowest BCUT2D eigenvalue weighted by atomic mass is 10.0. The van der Waals surface area contributed by atoms with Crippen molar-refractivity contribution >= 4 is 11.9 Å². The number of allylic oxidation sites excluding steroid dienone is 1. The maximum Gasteiger partial charge on any atom is 0.305 e. The van der Waals surface area contributed by atoms with Gasteiger partial charge >= 0.3 is 5.97 Å². The van der Waals surface area contributed by atoms with Crippen LogP contribution < -0.4 is 5.32 Å². The zero-order chi connectivity index (χ0) is 42.3. The molecule has 0 bridgehead atoms. The molecule has 3 N–H and O–H groups in total. The molecule has 0 aliphatic carbocycles. The van der Waals surface area contributed by atoms with Crippen LogP contribution in [0, 0.1) is 0 Å². The number of rotatable bonds is 48. The van der Waals surface area contributed by atoms with Gasteiger partial charge in [0.2, 0.25) is 5.91 Å². The van der Waals surface area contributed by atoms with Gasteiger partial charge in [0.1, 0.15) is 0 Å². The second-order valence-electron chi connectivity index (χ2n) is 17.9. The van der Waals surface area contributed by atoms with Crippen LogP contribution in [0.3, 0.4) is 0 Å². The molecule has 2 unspecified atom stereocenters. The highest BCUT2D eigenvalue weighted by Gasteiger charge is 2.18. The zero-order valence-corrected chi connectivity index (χ0v) is 39.0. The molecule has 6 heteroatoms. The van der Waals surface area contributed by atoms with Crippen LogP contribution in [0.5, 0.6) is 0 Å². The molecule has 0 saturated heterocycles. The van der Waals surface area contributed by atoms with Crippen molar-refractivity contribution in [1.29, 1.82) is 0 Å². The van der Waals surface area contributed by atoms with Gasteiger partial charge in [-0.25, -0.2) is 0 Å². The van der Waals surface area contributed by atoms with E-state index in [1.165, 1.54) is 199 Å². The van der Waals surface area contributed by atoms with Crippen molar-refractivity contribution in [3.63, 3.8) is 0 Å². The van der Waals surface area contributed by atoms with Gasteiger partial charge in [0, 0.05) is 12.8 Å². The van der Waals surface area contributed by atoms with Crippen molar-refractivity contribution < 1.29 is 24.5 Å². The second-order valence-corrected chi connectivity index (χ2v) is 17.9. The van der Waals surface area contributed by atoms with Crippen molar-refractivity contribution in [1.82, 2.24) is 5.32 Å². The third-order valence-electron chi connectivity index (χ3n) is 12.1. The van der Waals surface area contributed by atoms with Crippen LogP contribution in [0.15, 0.2) is 12.2 Å². The Kier molecular flexibility index (Phi) is 47.1. The topological polar surface area (TPSA) is 95.9 Å². The Labute approximate surface area is 361 Å². The third-order valence-corrected chi connectivity index (χ3v) is 12.1. The highest BCUT2D eigenvalue weighted by atomic mass is 16.5. The number of hydrogen-bond acceptors (Lipinski definition) is 5. The lowest BCUT2D eigenvalue weighted by molar-refractivity contribution is -0.143. The van der Waals surface area contributed by atoms with E-state index in [9.17, 15) is 19.8 Å². The summed E-state index contributed by atoms with van der Waals surface area (Å²) in [7, 11) is 0. The van der Waals surface area contributed by atoms with E-state index < -0.39 is 12.1 Å². The van der Waals surface area contributed by atoms with Crippen molar-refractivity contribution in [3.8, 4) is 0 Å². The molecule has 0 heterocycles. The summed E-state index contributed by atoms with van der Waals surface area (Å²) in [5, 5.41) is 23.0. The molecule has 6 nitrogen and oxygen atoms in total. The van der Waals surface area contributed by atoms with Gasteiger partial charge in [-0.15, -0.1) is 0 Å². The molecule has 0 aromatic heterocycles. The Balaban J connectivity index is 3.43. The van der Waals surface area contributed by atoms with E-state index in [2.05, 4.69) is 19.2 Å². The van der Waals surface area contributed by atoms with Crippen molar-refractivity contribution in [2.75, 3.05) is 13.2 Å². The Morgan fingerprint density at radius 2 is 0.793 bits per heavy atom. The predicted molar refractivity (Wildman–Crippen MR) is 250 cm³/mol. The molecule has 0 aromatic carbocycles. The van der Waals surface area contributed by atoms with Crippen LogP contribution in [0.2, 0.25) is 0 Å². The SMILES string of the molecule is CCCCCCCCCCC/C=C/C(O)C(CO)NC(=O)CCCCCCCCCCCCCCOC(=O)CCCCCCCCCCCCCCCCCCCC. The van der Waals surface area contributed by atoms with Crippen LogP contribution in [-0.4, -0.2) is 47.4 Å². The molecular weight excluding hydrogens is 719 g/mol. The summed E-state index contributed by atoms with van der Waals surface area (Å²) in [6.07, 6.45) is 55.0. The minimum atomic E-state index is -0.852. The van der Waals surface area contributed by atoms with E-state index in [-0.39, 0.29) is 18.5 Å². The Morgan fingerprint density at radius 1 is 0.466 bits per heavy atom. The van der Waals surface area contributed by atoms with Gasteiger partial charge in [0.25, 0.3) is 0 Å². The molecule has 58 heavy (non-hydrogen) atoms. The standard InChI is InChI=1S/C52H101NO5/c1-3-5-7-9-11-13-15-16-17-18-19-20-21-26-30-34-38-42-46-52(57)58-47-43-39-35-31-27-23-22-25-29-33-37-41-45-51(56)53-49(48-54)50(55)44-40-36-32-28-24-14-12-10-8-6-4-2/h40,44,49-50,54-55H,3-39,41-43,45-48H2,1-2H3,(H,53,56)/b44-40+. The summed E-state index contributed by atoms with van der Waals surface area (Å²) in [5.41, 5.74) is 0. The Morgan fingerprint density at radius 3 is 1.17 bits per heavy atom. The largest absolute Gasteiger partial charge is 0.466 e. The predicted octanol–water partition coefficient (Wildman–Crippen LogP) is 15.3. The van der Waals surface area contributed by atoms with Crippen molar-refractivity contribution in [2.24, 2.45) is 0 Å². The fourth-order valence-electron chi connectivity index (χ4n) is 8.05. The van der Waals surface area contributed by atoms with Gasteiger partial charge < -0.3 is 20.3 Å². The normalized spacial score (nSPS) is 12.7. The number of carbonyl (C=O) groups is 2. The number of esters is 1. The van der Waals surface area contributed by atoms with Crippen LogP contribution in [0.25, 0.3) is 0 Å². The number of unbranched alkanes of at least 4 members (excludes halogenated alkanes) is 37. The molecule has 0 rings (SSSR count). The minimum Gasteiger partial charge on any atom is -0.466 e. The number of carbonyl (C=O) groups excluding carboxylic acids is 2. The Bertz CT molecular complexity index is 863. The first-order valence-electron chi connectivity index (χ1n) is 26.0. The number of ether oxygens (including phenoxy) is 1. The summed E-state index contributed by atoms with van der Waals surface area (Å²) in [4.78, 5) is 24.4. The minimum absolute atomic E-state index is 0.00666. The number of aliphatic hydroxyl groups excluding tert-OH is 2. The number of amides is 1. The fraction of sp³-hybridized carbons (Fsp3) is 0.923. The van der Waals surface area contributed by atoms with Gasteiger partial charge in [-0.05, 0) is 32.1 Å². The summed E-state index contributed by atoms with van der Waals surface area (Å²) in [5.74, 6) is -0.0905. The summed E-state index contributed by atoms with van der Waals surface area (Å²) in [6, 6.07) is -0.637. The van der Waals surface area contributed by atoms with Gasteiger partial charge in [-0.2, -0.15) is 0 Å². The van der Waals surface area contributed by atoms with E-state index in [4.69, 9.17) is 4.74 Å². The lowest BCUT2D eigenvalue weighted by Crippen LogP contribution is -2.45. The molecule has 0 aromatic rings. The fourth-order valence-corrected chi connectivity index (χ4v) is 8.05. The Hall–Kier alpha value is -1.40. The monoisotopic (exact) mass is 820 g/mol. The van der Waals surface area contributed by atoms with Crippen LogP contribution in [-0.2, 0) is 14.3 Å². The highest BCUT2D eigenvalue weighted by molar-refractivity contribution is 5.76. The first kappa shape index (κ1) is 56.6. The average Bonchev–Trinajstić information content (AvgIpc) is 3.22. The van der Waals surface area contributed by atoms with Gasteiger partial charge in [-0.3, -0.25) is 9.59 Å². The number of nitrogens with one attached hydrogen (secondary N) is 1. The molecule has 0 fully saturated rings. The van der Waals surface area contributed by atoms with Crippen LogP contribution in [0.4, 0.5) is 0 Å². The highest BCUT2D eigenvalue weighted by Crippen LogP contribution is 2.16. The smallest absolute Gasteiger partial charge is 0.305 e.